The summed E-state index contributed by atoms with van der Waals surface area (Å²) in [7, 11) is -4.14. The Bertz CT molecular complexity index is 842. The average Bonchev–Trinajstić information content (AvgIpc) is 2.45. The van der Waals surface area contributed by atoms with Gasteiger partial charge in [-0.15, -0.1) is 0 Å². The molecule has 0 aliphatic rings. The van der Waals surface area contributed by atoms with Gasteiger partial charge in [0.2, 0.25) is 0 Å². The monoisotopic (exact) mass is 362 g/mol. The first-order chi connectivity index (χ1) is 10.4. The van der Waals surface area contributed by atoms with Gasteiger partial charge in [0.05, 0.1) is 10.4 Å². The fraction of sp³-hybridized carbons (Fsp3) is 0. The van der Waals surface area contributed by atoms with Crippen LogP contribution in [-0.2, 0) is 10.0 Å². The van der Waals surface area contributed by atoms with E-state index in [1.54, 1.807) is 12.1 Å². The Balaban J connectivity index is 0.00000264. The molecule has 0 atom stereocenters. The Morgan fingerprint density at radius 2 is 2.09 bits per heavy atom. The minimum Gasteiger partial charge on any atom is -0.858 e. The summed E-state index contributed by atoms with van der Waals surface area (Å²) in [5.41, 5.74) is 0.343. The number of sulfonamides is 1. The van der Waals surface area contributed by atoms with Crippen LogP contribution >= 0.6 is 11.6 Å². The topological polar surface area (TPSA) is 82.5 Å². The van der Waals surface area contributed by atoms with E-state index < -0.39 is 21.7 Å². The minimum absolute atomic E-state index is 0. The van der Waals surface area contributed by atoms with Crippen molar-refractivity contribution in [2.45, 2.75) is 0 Å². The molecule has 2 rings (SSSR count). The number of pyridine rings is 1. The molecule has 0 aliphatic carbocycles. The third kappa shape index (κ3) is 6.04. The molecule has 0 saturated carbocycles. The van der Waals surface area contributed by atoms with Crippen LogP contribution in [0, 0.1) is 5.82 Å². The summed E-state index contributed by atoms with van der Waals surface area (Å²) in [5.74, 6) is -1.71. The maximum absolute atomic E-state index is 12.9. The second-order valence-corrected chi connectivity index (χ2v) is 6.02. The predicted octanol–water partition coefficient (Wildman–Crippen LogP) is -1.01. The van der Waals surface area contributed by atoms with Crippen LogP contribution in [-0.4, -0.2) is 19.3 Å². The second-order valence-electron chi connectivity index (χ2n) is 4.12. The molecule has 2 aromatic rings. The van der Waals surface area contributed by atoms with Crippen molar-refractivity contribution in [3.8, 4) is 0 Å². The van der Waals surface area contributed by atoms with Crippen LogP contribution in [0.2, 0.25) is 5.02 Å². The van der Waals surface area contributed by atoms with Crippen molar-refractivity contribution < 1.29 is 47.5 Å². The van der Waals surface area contributed by atoms with E-state index in [1.165, 1.54) is 18.5 Å². The number of aromatic nitrogens is 1. The van der Waals surface area contributed by atoms with Crippen LogP contribution in [0.4, 0.5) is 4.39 Å². The number of hydrogen-bond acceptors (Lipinski definition) is 4. The molecule has 0 amide bonds. The van der Waals surface area contributed by atoms with Crippen LogP contribution < -0.4 is 34.7 Å². The summed E-state index contributed by atoms with van der Waals surface area (Å²) in [5, 5.41) is 12.4. The van der Waals surface area contributed by atoms with Crippen molar-refractivity contribution in [3.05, 3.63) is 70.1 Å². The van der Waals surface area contributed by atoms with Gasteiger partial charge in [-0.25, -0.2) is 4.39 Å². The molecule has 0 spiro atoms. The van der Waals surface area contributed by atoms with Crippen LogP contribution in [0.5, 0.6) is 0 Å². The molecule has 114 valence electrons. The summed E-state index contributed by atoms with van der Waals surface area (Å²) in [6.45, 7) is 0. The first-order valence-corrected chi connectivity index (χ1v) is 7.81. The van der Waals surface area contributed by atoms with Gasteiger partial charge in [-0.1, -0.05) is 17.7 Å². The number of halogens is 2. The van der Waals surface area contributed by atoms with Crippen molar-refractivity contribution in [3.63, 3.8) is 0 Å². The minimum atomic E-state index is -4.14. The van der Waals surface area contributed by atoms with Crippen LogP contribution in [0.3, 0.4) is 0 Å². The van der Waals surface area contributed by atoms with Crippen molar-refractivity contribution in [1.82, 2.24) is 4.98 Å². The Morgan fingerprint density at radius 3 is 2.70 bits per heavy atom. The molecule has 0 bridgehead atoms. The summed E-state index contributed by atoms with van der Waals surface area (Å²) >= 11 is 5.68. The predicted molar refractivity (Wildman–Crippen MR) is 80.1 cm³/mol. The van der Waals surface area contributed by atoms with Gasteiger partial charge >= 0.3 is 29.6 Å². The van der Waals surface area contributed by atoms with Crippen LogP contribution in [0.1, 0.15) is 11.1 Å². The maximum atomic E-state index is 12.9. The van der Waals surface area contributed by atoms with E-state index >= 15 is 0 Å². The summed E-state index contributed by atoms with van der Waals surface area (Å²) in [6.07, 6.45) is 4.24. The van der Waals surface area contributed by atoms with Crippen molar-refractivity contribution in [2.75, 3.05) is 0 Å². The SMILES string of the molecule is O=S(=O)(/C=C/c1cccnc1)/N=C(\[O-])c1ccc(F)cc1Cl.[Na+]. The van der Waals surface area contributed by atoms with Gasteiger partial charge in [0, 0.05) is 23.9 Å². The number of benzene rings is 1. The zero-order valence-corrected chi connectivity index (χ0v) is 15.6. The average molecular weight is 363 g/mol. The van der Waals surface area contributed by atoms with E-state index in [2.05, 4.69) is 9.38 Å². The van der Waals surface area contributed by atoms with E-state index in [-0.39, 0.29) is 40.1 Å². The van der Waals surface area contributed by atoms with E-state index in [4.69, 9.17) is 11.6 Å². The molecule has 0 saturated heterocycles. The Hall–Kier alpha value is -1.25. The summed E-state index contributed by atoms with van der Waals surface area (Å²) < 4.78 is 39.5. The Kier molecular flexibility index (Phi) is 7.37. The summed E-state index contributed by atoms with van der Waals surface area (Å²) in [6, 6.07) is 6.24. The standard InChI is InChI=1S/C14H10ClFN2O3S.Na/c15-13-8-11(16)3-4-12(13)14(19)18-22(20,21)7-5-10-2-1-6-17-9-10;/h1-9H,(H,18,19);/q;+1/p-1/b7-5+;. The van der Waals surface area contributed by atoms with Gasteiger partial charge in [-0.05, 0) is 35.9 Å². The van der Waals surface area contributed by atoms with Crippen molar-refractivity contribution in [2.24, 2.45) is 4.40 Å². The largest absolute Gasteiger partial charge is 1.00 e. The molecule has 1 aromatic heterocycles. The molecule has 0 radical (unpaired) electrons. The third-order valence-corrected chi connectivity index (χ3v) is 3.70. The maximum Gasteiger partial charge on any atom is 1.00 e. The van der Waals surface area contributed by atoms with Gasteiger partial charge in [0.15, 0.2) is 0 Å². The van der Waals surface area contributed by atoms with E-state index in [1.807, 2.05) is 0 Å². The fourth-order valence-corrected chi connectivity index (χ4v) is 2.46. The van der Waals surface area contributed by atoms with Crippen molar-refractivity contribution in [1.29, 1.82) is 0 Å². The van der Waals surface area contributed by atoms with Gasteiger partial charge in [-0.3, -0.25) is 4.98 Å². The first-order valence-electron chi connectivity index (χ1n) is 5.93. The fourth-order valence-electron chi connectivity index (χ4n) is 1.50. The molecule has 0 unspecified atom stereocenters. The van der Waals surface area contributed by atoms with Crippen LogP contribution in [0.25, 0.3) is 6.08 Å². The number of hydrogen-bond donors (Lipinski definition) is 0. The quantitative estimate of drug-likeness (QED) is 0.396. The Morgan fingerprint density at radius 1 is 1.35 bits per heavy atom. The van der Waals surface area contributed by atoms with E-state index in [9.17, 15) is 17.9 Å². The summed E-state index contributed by atoms with van der Waals surface area (Å²) in [4.78, 5) is 3.82. The number of nitrogens with zero attached hydrogens (tertiary/aromatic N) is 2. The molecule has 0 fully saturated rings. The molecule has 5 nitrogen and oxygen atoms in total. The molecule has 9 heteroatoms. The van der Waals surface area contributed by atoms with Gasteiger partial charge in [-0.2, -0.15) is 12.8 Å². The normalized spacial score (nSPS) is 12.2. The van der Waals surface area contributed by atoms with E-state index in [0.29, 0.717) is 5.56 Å². The first kappa shape index (κ1) is 19.8. The van der Waals surface area contributed by atoms with Gasteiger partial charge in [0.1, 0.15) is 5.82 Å². The molecule has 0 N–H and O–H groups in total. The zero-order valence-electron chi connectivity index (χ0n) is 12.0. The molecule has 1 heterocycles. The molecular formula is C14H9ClFN2NaO3S. The number of rotatable bonds is 4. The molecule has 23 heavy (non-hydrogen) atoms. The zero-order chi connectivity index (χ0) is 16.2. The van der Waals surface area contributed by atoms with Crippen LogP contribution in [0.15, 0.2) is 52.5 Å². The third-order valence-electron chi connectivity index (χ3n) is 2.49. The van der Waals surface area contributed by atoms with Gasteiger partial charge < -0.3 is 5.11 Å². The smallest absolute Gasteiger partial charge is 0.858 e. The molecule has 1 aromatic carbocycles. The van der Waals surface area contributed by atoms with Crippen molar-refractivity contribution >= 4 is 33.6 Å². The second kappa shape index (κ2) is 8.56. The molecular weight excluding hydrogens is 354 g/mol. The van der Waals surface area contributed by atoms with Gasteiger partial charge in [0.25, 0.3) is 10.0 Å². The van der Waals surface area contributed by atoms with E-state index in [0.717, 1.165) is 23.6 Å². The molecule has 0 aliphatic heterocycles. The Labute approximate surface area is 159 Å².